The number of fused-ring (bicyclic) bond motifs is 3. The van der Waals surface area contributed by atoms with Crippen LogP contribution in [0.1, 0.15) is 27.7 Å². The Balaban J connectivity index is 1.59. The van der Waals surface area contributed by atoms with E-state index in [9.17, 15) is 8.42 Å². The van der Waals surface area contributed by atoms with Gasteiger partial charge < -0.3 is 23.7 Å². The summed E-state index contributed by atoms with van der Waals surface area (Å²) in [5.74, 6) is -3.23. The third-order valence-corrected chi connectivity index (χ3v) is 5.57. The number of hydrogen-bond donors (Lipinski definition) is 0. The molecule has 1 aromatic rings. The van der Waals surface area contributed by atoms with Crippen LogP contribution in [0.4, 0.5) is 0 Å². The Bertz CT molecular complexity index is 778. The lowest BCUT2D eigenvalue weighted by molar-refractivity contribution is -0.290. The van der Waals surface area contributed by atoms with E-state index in [2.05, 4.69) is 4.98 Å². The van der Waals surface area contributed by atoms with Crippen LogP contribution in [-0.2, 0) is 38.2 Å². The zero-order valence-electron chi connectivity index (χ0n) is 14.9. The highest BCUT2D eigenvalue weighted by Gasteiger charge is 2.65. The van der Waals surface area contributed by atoms with Gasteiger partial charge in [0, 0.05) is 12.4 Å². The third-order valence-electron chi connectivity index (χ3n) is 4.42. The molecule has 1 aromatic heterocycles. The van der Waals surface area contributed by atoms with Gasteiger partial charge in [-0.05, 0) is 27.7 Å². The molecule has 0 amide bonds. The van der Waals surface area contributed by atoms with Gasteiger partial charge in [0.1, 0.15) is 31.2 Å². The Labute approximate surface area is 151 Å². The molecular formula is C15H22N2O8S. The molecule has 0 aliphatic carbocycles. The van der Waals surface area contributed by atoms with Gasteiger partial charge >= 0.3 is 10.3 Å². The van der Waals surface area contributed by atoms with E-state index in [0.29, 0.717) is 0 Å². The molecule has 0 saturated carbocycles. The van der Waals surface area contributed by atoms with E-state index >= 15 is 0 Å². The van der Waals surface area contributed by atoms with E-state index in [0.717, 1.165) is 10.3 Å². The van der Waals surface area contributed by atoms with Gasteiger partial charge in [0.2, 0.25) is 5.79 Å². The van der Waals surface area contributed by atoms with E-state index in [1.165, 1.54) is 12.4 Å². The van der Waals surface area contributed by atoms with Gasteiger partial charge in [-0.15, -0.1) is 0 Å². The predicted octanol–water partition coefficient (Wildman–Crippen LogP) is 0.391. The SMILES string of the molecule is CC1(C)O[C@@H]2[C@@H](CO[C@@]3(COS(=O)(=O)n4ccnc4)OC(C)(C)O[C@@H]23)O1. The Morgan fingerprint density at radius 1 is 1.19 bits per heavy atom. The van der Waals surface area contributed by atoms with E-state index in [1.807, 2.05) is 0 Å². The van der Waals surface area contributed by atoms with Crippen molar-refractivity contribution in [3.8, 4) is 0 Å². The number of hydrogen-bond acceptors (Lipinski definition) is 9. The molecule has 0 spiro atoms. The molecule has 11 heteroatoms. The van der Waals surface area contributed by atoms with Crippen LogP contribution in [0.3, 0.4) is 0 Å². The first-order valence-electron chi connectivity index (χ1n) is 8.28. The van der Waals surface area contributed by atoms with Gasteiger partial charge in [-0.2, -0.15) is 8.42 Å². The van der Waals surface area contributed by atoms with Crippen molar-refractivity contribution in [2.75, 3.05) is 13.2 Å². The van der Waals surface area contributed by atoms with Crippen LogP contribution >= 0.6 is 0 Å². The van der Waals surface area contributed by atoms with E-state index in [1.54, 1.807) is 27.7 Å². The van der Waals surface area contributed by atoms with Crippen molar-refractivity contribution >= 4 is 10.3 Å². The van der Waals surface area contributed by atoms with Crippen molar-refractivity contribution in [1.82, 2.24) is 8.96 Å². The zero-order valence-corrected chi connectivity index (χ0v) is 15.8. The monoisotopic (exact) mass is 390 g/mol. The molecule has 26 heavy (non-hydrogen) atoms. The van der Waals surface area contributed by atoms with Gasteiger partial charge in [0.25, 0.3) is 0 Å². The summed E-state index contributed by atoms with van der Waals surface area (Å²) < 4.78 is 60.2. The molecule has 0 radical (unpaired) electrons. The number of aromatic nitrogens is 2. The van der Waals surface area contributed by atoms with Crippen molar-refractivity contribution in [3.05, 3.63) is 18.7 Å². The molecule has 0 aromatic carbocycles. The van der Waals surface area contributed by atoms with Crippen molar-refractivity contribution in [1.29, 1.82) is 0 Å². The first-order chi connectivity index (χ1) is 12.0. The topological polar surface area (TPSA) is 107 Å². The molecule has 3 fully saturated rings. The van der Waals surface area contributed by atoms with Crippen LogP contribution in [0.15, 0.2) is 18.7 Å². The lowest BCUT2D eigenvalue weighted by Gasteiger charge is -2.40. The molecule has 3 aliphatic rings. The highest BCUT2D eigenvalue weighted by molar-refractivity contribution is 7.85. The van der Waals surface area contributed by atoms with Crippen LogP contribution in [0.5, 0.6) is 0 Å². The summed E-state index contributed by atoms with van der Waals surface area (Å²) in [6.45, 7) is 6.81. The number of imidazole rings is 1. The van der Waals surface area contributed by atoms with Gasteiger partial charge in [-0.25, -0.2) is 13.1 Å². The summed E-state index contributed by atoms with van der Waals surface area (Å²) in [5.41, 5.74) is 0. The standard InChI is InChI=1S/C15H22N2O8S/c1-13(2)22-10-7-20-15(8-21-26(18,19)17-6-5-16-9-17)12(11(10)23-13)24-14(3,4)25-15/h5-6,9-12H,7-8H2,1-4H3/t10-,11-,12+,15+/m1/s1. The minimum atomic E-state index is -4.08. The number of rotatable bonds is 4. The fourth-order valence-electron chi connectivity index (χ4n) is 3.54. The van der Waals surface area contributed by atoms with Gasteiger partial charge in [0.05, 0.1) is 6.61 Å². The minimum Gasteiger partial charge on any atom is -0.343 e. The maximum atomic E-state index is 12.3. The summed E-state index contributed by atoms with van der Waals surface area (Å²) in [6, 6.07) is 0. The quantitative estimate of drug-likeness (QED) is 0.721. The molecule has 10 nitrogen and oxygen atoms in total. The van der Waals surface area contributed by atoms with E-state index in [4.69, 9.17) is 27.9 Å². The van der Waals surface area contributed by atoms with Crippen molar-refractivity contribution < 1.29 is 36.3 Å². The van der Waals surface area contributed by atoms with E-state index < -0.39 is 46.5 Å². The summed E-state index contributed by atoms with van der Waals surface area (Å²) in [4.78, 5) is 3.71. The lowest BCUT2D eigenvalue weighted by atomic mass is 9.98. The number of nitrogens with zero attached hydrogens (tertiary/aromatic N) is 2. The maximum absolute atomic E-state index is 12.3. The molecule has 0 N–H and O–H groups in total. The molecule has 4 rings (SSSR count). The second-order valence-corrected chi connectivity index (χ2v) is 8.93. The smallest absolute Gasteiger partial charge is 0.343 e. The van der Waals surface area contributed by atoms with Crippen molar-refractivity contribution in [2.24, 2.45) is 0 Å². The fraction of sp³-hybridized carbons (Fsp3) is 0.800. The summed E-state index contributed by atoms with van der Waals surface area (Å²) >= 11 is 0. The van der Waals surface area contributed by atoms with Crippen LogP contribution in [-0.4, -0.2) is 66.3 Å². The molecule has 4 heterocycles. The van der Waals surface area contributed by atoms with Crippen LogP contribution in [0.2, 0.25) is 0 Å². The molecular weight excluding hydrogens is 368 g/mol. The summed E-state index contributed by atoms with van der Waals surface area (Å²) in [6.07, 6.45) is 2.22. The molecule has 3 aliphatic heterocycles. The highest BCUT2D eigenvalue weighted by atomic mass is 32.2. The predicted molar refractivity (Wildman–Crippen MR) is 85.0 cm³/mol. The zero-order chi connectivity index (χ0) is 18.8. The van der Waals surface area contributed by atoms with Crippen molar-refractivity contribution in [3.63, 3.8) is 0 Å². The molecule has 4 atom stereocenters. The van der Waals surface area contributed by atoms with Gasteiger partial charge in [0.15, 0.2) is 11.6 Å². The normalized spacial score (nSPS) is 38.1. The number of ether oxygens (including phenoxy) is 5. The molecule has 3 saturated heterocycles. The second kappa shape index (κ2) is 5.71. The summed E-state index contributed by atoms with van der Waals surface area (Å²) in [7, 11) is -4.08. The fourth-order valence-corrected chi connectivity index (χ4v) is 4.35. The van der Waals surface area contributed by atoms with Gasteiger partial charge in [-0.1, -0.05) is 0 Å². The second-order valence-electron chi connectivity index (χ2n) is 7.41. The van der Waals surface area contributed by atoms with Gasteiger partial charge in [-0.3, -0.25) is 0 Å². The first-order valence-corrected chi connectivity index (χ1v) is 9.64. The van der Waals surface area contributed by atoms with Crippen LogP contribution in [0.25, 0.3) is 0 Å². The van der Waals surface area contributed by atoms with Crippen molar-refractivity contribution in [2.45, 2.75) is 63.4 Å². The van der Waals surface area contributed by atoms with Crippen LogP contribution < -0.4 is 0 Å². The molecule has 0 unspecified atom stereocenters. The molecule has 146 valence electrons. The average molecular weight is 390 g/mol. The minimum absolute atomic E-state index is 0.165. The third kappa shape index (κ3) is 3.07. The highest BCUT2D eigenvalue weighted by Crippen LogP contribution is 2.47. The van der Waals surface area contributed by atoms with Crippen LogP contribution in [0, 0.1) is 0 Å². The first kappa shape index (κ1) is 18.3. The molecule has 0 bridgehead atoms. The Kier molecular flexibility index (Phi) is 4.02. The Hall–Kier alpha value is -1.08. The Morgan fingerprint density at radius 3 is 2.65 bits per heavy atom. The summed E-state index contributed by atoms with van der Waals surface area (Å²) in [5, 5.41) is 0. The lowest BCUT2D eigenvalue weighted by Crippen LogP contribution is -2.60. The Morgan fingerprint density at radius 2 is 1.96 bits per heavy atom. The largest absolute Gasteiger partial charge is 0.367 e. The average Bonchev–Trinajstić information content (AvgIpc) is 3.20. The van der Waals surface area contributed by atoms with E-state index in [-0.39, 0.29) is 12.7 Å². The maximum Gasteiger partial charge on any atom is 0.367 e.